The smallest absolute Gasteiger partial charge is 0.305 e. The molecule has 1 aromatic heterocycles. The molecule has 1 aliphatic heterocycles. The van der Waals surface area contributed by atoms with Crippen LogP contribution < -0.4 is 0 Å². The lowest BCUT2D eigenvalue weighted by molar-refractivity contribution is -0.138. The van der Waals surface area contributed by atoms with E-state index >= 15 is 0 Å². The lowest BCUT2D eigenvalue weighted by Gasteiger charge is -2.31. The molecular weight excluding hydrogens is 258 g/mol. The van der Waals surface area contributed by atoms with Crippen LogP contribution in [0.25, 0.3) is 0 Å². The fourth-order valence-corrected chi connectivity index (χ4v) is 2.53. The summed E-state index contributed by atoms with van der Waals surface area (Å²) in [6.45, 7) is 6.23. The Bertz CT molecular complexity index is 425. The maximum atomic E-state index is 10.4. The zero-order valence-electron chi connectivity index (χ0n) is 12.0. The Hall–Kier alpha value is -1.40. The summed E-state index contributed by atoms with van der Waals surface area (Å²) in [5.41, 5.74) is 0. The van der Waals surface area contributed by atoms with Crippen molar-refractivity contribution in [3.8, 4) is 0 Å². The molecule has 1 N–H and O–H groups in total. The SMILES string of the molecule is CCn1ccnc1CN1CCC(OCCC(=O)O)CC1. The van der Waals surface area contributed by atoms with Gasteiger partial charge in [-0.2, -0.15) is 0 Å². The van der Waals surface area contributed by atoms with Crippen molar-refractivity contribution in [1.82, 2.24) is 14.5 Å². The van der Waals surface area contributed by atoms with Gasteiger partial charge in [0.25, 0.3) is 0 Å². The monoisotopic (exact) mass is 281 g/mol. The van der Waals surface area contributed by atoms with E-state index in [9.17, 15) is 4.79 Å². The van der Waals surface area contributed by atoms with Crippen LogP contribution in [0.4, 0.5) is 0 Å². The lowest BCUT2D eigenvalue weighted by atomic mass is 10.1. The topological polar surface area (TPSA) is 67.6 Å². The Labute approximate surface area is 119 Å². The van der Waals surface area contributed by atoms with E-state index in [2.05, 4.69) is 21.4 Å². The normalized spacial score (nSPS) is 17.4. The van der Waals surface area contributed by atoms with Crippen molar-refractivity contribution in [2.75, 3.05) is 19.7 Å². The molecule has 1 aromatic rings. The summed E-state index contributed by atoms with van der Waals surface area (Å²) < 4.78 is 7.76. The van der Waals surface area contributed by atoms with Crippen molar-refractivity contribution in [3.63, 3.8) is 0 Å². The van der Waals surface area contributed by atoms with Crippen LogP contribution >= 0.6 is 0 Å². The minimum Gasteiger partial charge on any atom is -0.481 e. The number of aromatic nitrogens is 2. The van der Waals surface area contributed by atoms with Crippen LogP contribution in [0.15, 0.2) is 12.4 Å². The summed E-state index contributed by atoms with van der Waals surface area (Å²) in [6.07, 6.45) is 6.08. The summed E-state index contributed by atoms with van der Waals surface area (Å²) in [6, 6.07) is 0. The van der Waals surface area contributed by atoms with Gasteiger partial charge >= 0.3 is 5.97 Å². The number of aryl methyl sites for hydroxylation is 1. The second kappa shape index (κ2) is 7.40. The highest BCUT2D eigenvalue weighted by Crippen LogP contribution is 2.16. The Morgan fingerprint density at radius 2 is 2.25 bits per heavy atom. The van der Waals surface area contributed by atoms with Crippen molar-refractivity contribution in [3.05, 3.63) is 18.2 Å². The quantitative estimate of drug-likeness (QED) is 0.817. The van der Waals surface area contributed by atoms with E-state index in [1.165, 1.54) is 0 Å². The number of nitrogens with zero attached hydrogens (tertiary/aromatic N) is 3. The molecule has 20 heavy (non-hydrogen) atoms. The van der Waals surface area contributed by atoms with E-state index in [1.807, 2.05) is 12.4 Å². The third-order valence-electron chi connectivity index (χ3n) is 3.71. The molecule has 6 heteroatoms. The first-order valence-corrected chi connectivity index (χ1v) is 7.24. The van der Waals surface area contributed by atoms with E-state index in [1.54, 1.807) is 0 Å². The minimum atomic E-state index is -0.797. The van der Waals surface area contributed by atoms with Gasteiger partial charge in [-0.05, 0) is 19.8 Å². The van der Waals surface area contributed by atoms with Crippen molar-refractivity contribution < 1.29 is 14.6 Å². The van der Waals surface area contributed by atoms with Gasteiger partial charge in [0.15, 0.2) is 0 Å². The van der Waals surface area contributed by atoms with Crippen LogP contribution in [0.2, 0.25) is 0 Å². The Balaban J connectivity index is 1.70. The summed E-state index contributed by atoms with van der Waals surface area (Å²) in [7, 11) is 0. The fourth-order valence-electron chi connectivity index (χ4n) is 2.53. The predicted octanol–water partition coefficient (Wildman–Crippen LogP) is 1.36. The van der Waals surface area contributed by atoms with Gasteiger partial charge in [-0.3, -0.25) is 9.69 Å². The van der Waals surface area contributed by atoms with Crippen LogP contribution in [0.5, 0.6) is 0 Å². The molecule has 6 nitrogen and oxygen atoms in total. The Kier molecular flexibility index (Phi) is 5.55. The van der Waals surface area contributed by atoms with E-state index < -0.39 is 5.97 Å². The van der Waals surface area contributed by atoms with Gasteiger partial charge in [0.1, 0.15) is 5.82 Å². The highest BCUT2D eigenvalue weighted by molar-refractivity contribution is 5.66. The zero-order valence-corrected chi connectivity index (χ0v) is 12.0. The van der Waals surface area contributed by atoms with Gasteiger partial charge in [-0.15, -0.1) is 0 Å². The van der Waals surface area contributed by atoms with Gasteiger partial charge in [-0.25, -0.2) is 4.98 Å². The maximum Gasteiger partial charge on any atom is 0.305 e. The van der Waals surface area contributed by atoms with Crippen LogP contribution in [-0.4, -0.2) is 51.3 Å². The van der Waals surface area contributed by atoms with Crippen LogP contribution in [0.3, 0.4) is 0 Å². The number of aliphatic carboxylic acids is 1. The maximum absolute atomic E-state index is 10.4. The van der Waals surface area contributed by atoms with E-state index in [0.29, 0.717) is 6.61 Å². The number of likely N-dealkylation sites (tertiary alicyclic amines) is 1. The third kappa shape index (κ3) is 4.31. The number of carboxylic acids is 1. The predicted molar refractivity (Wildman–Crippen MR) is 74.4 cm³/mol. The molecule has 0 atom stereocenters. The van der Waals surface area contributed by atoms with Crippen molar-refractivity contribution >= 4 is 5.97 Å². The molecule has 112 valence electrons. The van der Waals surface area contributed by atoms with Gasteiger partial charge in [-0.1, -0.05) is 0 Å². The van der Waals surface area contributed by atoms with Gasteiger partial charge in [0, 0.05) is 32.0 Å². The summed E-state index contributed by atoms with van der Waals surface area (Å²) in [4.78, 5) is 17.2. The molecule has 2 heterocycles. The van der Waals surface area contributed by atoms with Crippen molar-refractivity contribution in [1.29, 1.82) is 0 Å². The van der Waals surface area contributed by atoms with Crippen LogP contribution in [0.1, 0.15) is 32.0 Å². The van der Waals surface area contributed by atoms with E-state index in [0.717, 1.165) is 44.8 Å². The Morgan fingerprint density at radius 1 is 1.50 bits per heavy atom. The summed E-state index contributed by atoms with van der Waals surface area (Å²) in [5.74, 6) is 0.312. The number of imidazole rings is 1. The van der Waals surface area contributed by atoms with E-state index in [-0.39, 0.29) is 12.5 Å². The number of hydrogen-bond acceptors (Lipinski definition) is 4. The molecule has 1 aliphatic rings. The van der Waals surface area contributed by atoms with Crippen LogP contribution in [0, 0.1) is 0 Å². The lowest BCUT2D eigenvalue weighted by Crippen LogP contribution is -2.37. The molecule has 0 amide bonds. The number of carbonyl (C=O) groups is 1. The molecule has 1 fully saturated rings. The standard InChI is InChI=1S/C14H23N3O3/c1-2-17-9-6-15-13(17)11-16-7-3-12(4-8-16)20-10-5-14(18)19/h6,9,12H,2-5,7-8,10-11H2,1H3,(H,18,19). The first-order valence-electron chi connectivity index (χ1n) is 7.24. The second-order valence-electron chi connectivity index (χ2n) is 5.12. The molecule has 0 spiro atoms. The fraction of sp³-hybridized carbons (Fsp3) is 0.714. The molecule has 1 saturated heterocycles. The molecule has 0 unspecified atom stereocenters. The number of piperidine rings is 1. The van der Waals surface area contributed by atoms with Gasteiger partial charge < -0.3 is 14.4 Å². The number of hydrogen-bond donors (Lipinski definition) is 1. The number of rotatable bonds is 7. The van der Waals surface area contributed by atoms with Crippen LogP contribution in [-0.2, 0) is 22.6 Å². The second-order valence-corrected chi connectivity index (χ2v) is 5.12. The number of carboxylic acid groups (broad SMARTS) is 1. The molecule has 0 aromatic carbocycles. The highest BCUT2D eigenvalue weighted by Gasteiger charge is 2.20. The molecule has 0 aliphatic carbocycles. The van der Waals surface area contributed by atoms with Gasteiger partial charge in [0.05, 0.1) is 25.7 Å². The zero-order chi connectivity index (χ0) is 14.4. The minimum absolute atomic E-state index is 0.0914. The molecule has 0 bridgehead atoms. The molecule has 2 rings (SSSR count). The summed E-state index contributed by atoms with van der Waals surface area (Å²) >= 11 is 0. The number of ether oxygens (including phenoxy) is 1. The molecule has 0 radical (unpaired) electrons. The summed E-state index contributed by atoms with van der Waals surface area (Å²) in [5, 5.41) is 8.58. The first-order chi connectivity index (χ1) is 9.69. The largest absolute Gasteiger partial charge is 0.481 e. The Morgan fingerprint density at radius 3 is 2.90 bits per heavy atom. The molecular formula is C14H23N3O3. The van der Waals surface area contributed by atoms with Crippen molar-refractivity contribution in [2.45, 2.75) is 45.4 Å². The average molecular weight is 281 g/mol. The average Bonchev–Trinajstić information content (AvgIpc) is 2.87. The third-order valence-corrected chi connectivity index (χ3v) is 3.71. The van der Waals surface area contributed by atoms with E-state index in [4.69, 9.17) is 9.84 Å². The highest BCUT2D eigenvalue weighted by atomic mass is 16.5. The van der Waals surface area contributed by atoms with Crippen molar-refractivity contribution in [2.24, 2.45) is 0 Å². The van der Waals surface area contributed by atoms with Gasteiger partial charge in [0.2, 0.25) is 0 Å². The first kappa shape index (κ1) is 15.0. The molecule has 0 saturated carbocycles.